The van der Waals surface area contributed by atoms with E-state index < -0.39 is 0 Å². The van der Waals surface area contributed by atoms with Gasteiger partial charge in [0.1, 0.15) is 11.5 Å². The van der Waals surface area contributed by atoms with Crippen molar-refractivity contribution in [3.8, 4) is 0 Å². The Kier molecular flexibility index (Phi) is 8.08. The van der Waals surface area contributed by atoms with Crippen LogP contribution in [0.5, 0.6) is 0 Å². The third-order valence-corrected chi connectivity index (χ3v) is 5.50. The van der Waals surface area contributed by atoms with Crippen LogP contribution in [0.4, 0.5) is 17.2 Å². The van der Waals surface area contributed by atoms with Gasteiger partial charge >= 0.3 is 5.69 Å². The molecular weight excluding hydrogens is 404 g/mol. The number of hydrogen-bond donors (Lipinski definition) is 3. The van der Waals surface area contributed by atoms with Crippen LogP contribution in [-0.2, 0) is 25.9 Å². The maximum Gasteiger partial charge on any atom is 0.332 e. The molecule has 3 aromatic rings. The first-order chi connectivity index (χ1) is 15.5. The summed E-state index contributed by atoms with van der Waals surface area (Å²) in [6.07, 6.45) is 7.53. The zero-order valence-electron chi connectivity index (χ0n) is 18.6. The van der Waals surface area contributed by atoms with E-state index >= 15 is 0 Å². The predicted molar refractivity (Wildman–Crippen MR) is 130 cm³/mol. The molecule has 0 atom stereocenters. The number of nitrogens with zero attached hydrogens (tertiary/aromatic N) is 3. The molecule has 0 bridgehead atoms. The minimum Gasteiger partial charge on any atom is -0.399 e. The molecule has 0 aliphatic heterocycles. The van der Waals surface area contributed by atoms with E-state index in [-0.39, 0.29) is 22.8 Å². The molecule has 0 unspecified atom stereocenters. The van der Waals surface area contributed by atoms with Gasteiger partial charge in [-0.05, 0) is 48.6 Å². The van der Waals surface area contributed by atoms with Crippen LogP contribution in [0.3, 0.4) is 0 Å². The van der Waals surface area contributed by atoms with Crippen molar-refractivity contribution in [2.45, 2.75) is 52.1 Å². The number of nitrogens with two attached hydrogens (primary N) is 2. The summed E-state index contributed by atoms with van der Waals surface area (Å²) >= 11 is 0. The average molecular weight is 437 g/mol. The maximum atomic E-state index is 13.1. The van der Waals surface area contributed by atoms with Crippen molar-refractivity contribution >= 4 is 17.2 Å². The van der Waals surface area contributed by atoms with E-state index in [4.69, 9.17) is 11.5 Å². The van der Waals surface area contributed by atoms with Crippen LogP contribution in [0.15, 0.2) is 58.4 Å². The highest BCUT2D eigenvalue weighted by atomic mass is 16.2. The molecule has 8 heteroatoms. The Bertz CT molecular complexity index is 1120. The monoisotopic (exact) mass is 436 g/mol. The number of hydrogen-bond acceptors (Lipinski definition) is 6. The van der Waals surface area contributed by atoms with Crippen molar-refractivity contribution in [2.75, 3.05) is 23.3 Å². The number of pyridine rings is 1. The highest BCUT2D eigenvalue weighted by molar-refractivity contribution is 5.60. The Morgan fingerprint density at radius 2 is 1.72 bits per heavy atom. The molecular formula is C24H32N6O2. The molecule has 1 aromatic carbocycles. The SMILES string of the molecule is CCCCCn1c(=O)c(NCCc2cccnc2)c(N)n(CCc2ccc(N)cc2)c1=O. The zero-order chi connectivity index (χ0) is 22.9. The lowest BCUT2D eigenvalue weighted by atomic mass is 10.1. The molecule has 0 saturated carbocycles. The van der Waals surface area contributed by atoms with Gasteiger partial charge in [0.05, 0.1) is 0 Å². The van der Waals surface area contributed by atoms with Gasteiger partial charge in [0, 0.05) is 37.7 Å². The van der Waals surface area contributed by atoms with Gasteiger partial charge in [-0.25, -0.2) is 4.79 Å². The van der Waals surface area contributed by atoms with Gasteiger partial charge in [-0.2, -0.15) is 0 Å². The fourth-order valence-corrected chi connectivity index (χ4v) is 3.62. The second-order valence-electron chi connectivity index (χ2n) is 7.89. The van der Waals surface area contributed by atoms with Crippen LogP contribution < -0.4 is 28.0 Å². The average Bonchev–Trinajstić information content (AvgIpc) is 2.80. The standard InChI is InChI=1S/C24H32N6O2/c1-2-3-4-15-30-23(31)21(28-14-11-19-6-5-13-27-17-19)22(26)29(24(30)32)16-12-18-7-9-20(25)10-8-18/h5-10,13,17,28H,2-4,11-12,14-16,25-26H2,1H3. The number of benzene rings is 1. The lowest BCUT2D eigenvalue weighted by Gasteiger charge is -2.18. The number of aryl methyl sites for hydroxylation is 1. The summed E-state index contributed by atoms with van der Waals surface area (Å²) in [6, 6.07) is 11.4. The molecule has 0 aliphatic rings. The third kappa shape index (κ3) is 5.78. The summed E-state index contributed by atoms with van der Waals surface area (Å²) in [7, 11) is 0. The number of anilines is 3. The summed E-state index contributed by atoms with van der Waals surface area (Å²) in [5.74, 6) is 0.174. The normalized spacial score (nSPS) is 10.9. The van der Waals surface area contributed by atoms with Crippen molar-refractivity contribution in [1.82, 2.24) is 14.1 Å². The molecule has 170 valence electrons. The molecule has 0 spiro atoms. The Morgan fingerprint density at radius 1 is 0.938 bits per heavy atom. The first-order valence-electron chi connectivity index (χ1n) is 11.1. The first kappa shape index (κ1) is 23.1. The topological polar surface area (TPSA) is 121 Å². The molecule has 0 amide bonds. The lowest BCUT2D eigenvalue weighted by molar-refractivity contribution is 0.525. The van der Waals surface area contributed by atoms with Gasteiger partial charge in [0.15, 0.2) is 0 Å². The predicted octanol–water partition coefficient (Wildman–Crippen LogP) is 2.66. The highest BCUT2D eigenvalue weighted by Gasteiger charge is 2.17. The fraction of sp³-hybridized carbons (Fsp3) is 0.375. The van der Waals surface area contributed by atoms with E-state index in [1.54, 1.807) is 12.4 Å². The quantitative estimate of drug-likeness (QED) is 0.314. The van der Waals surface area contributed by atoms with Gasteiger partial charge in [-0.1, -0.05) is 38.0 Å². The Morgan fingerprint density at radius 3 is 2.41 bits per heavy atom. The van der Waals surface area contributed by atoms with E-state index in [9.17, 15) is 9.59 Å². The van der Waals surface area contributed by atoms with Crippen LogP contribution >= 0.6 is 0 Å². The third-order valence-electron chi connectivity index (χ3n) is 5.50. The summed E-state index contributed by atoms with van der Waals surface area (Å²) in [6.45, 7) is 3.35. The molecule has 8 nitrogen and oxygen atoms in total. The number of nitrogens with one attached hydrogen (secondary N) is 1. The molecule has 32 heavy (non-hydrogen) atoms. The molecule has 0 fully saturated rings. The summed E-state index contributed by atoms with van der Waals surface area (Å²) in [4.78, 5) is 30.3. The van der Waals surface area contributed by atoms with E-state index in [1.807, 2.05) is 36.4 Å². The van der Waals surface area contributed by atoms with E-state index in [0.29, 0.717) is 38.2 Å². The highest BCUT2D eigenvalue weighted by Crippen LogP contribution is 2.14. The number of nitrogen functional groups attached to an aromatic ring is 2. The van der Waals surface area contributed by atoms with Crippen molar-refractivity contribution < 1.29 is 0 Å². The summed E-state index contributed by atoms with van der Waals surface area (Å²) < 4.78 is 2.80. The van der Waals surface area contributed by atoms with E-state index in [1.165, 1.54) is 9.13 Å². The molecule has 0 saturated heterocycles. The van der Waals surface area contributed by atoms with Gasteiger partial charge in [0.25, 0.3) is 5.56 Å². The van der Waals surface area contributed by atoms with E-state index in [2.05, 4.69) is 17.2 Å². The second-order valence-corrected chi connectivity index (χ2v) is 7.89. The first-order valence-corrected chi connectivity index (χ1v) is 11.1. The van der Waals surface area contributed by atoms with Gasteiger partial charge in [0.2, 0.25) is 0 Å². The van der Waals surface area contributed by atoms with Crippen molar-refractivity contribution in [1.29, 1.82) is 0 Å². The van der Waals surface area contributed by atoms with Gasteiger partial charge < -0.3 is 16.8 Å². The van der Waals surface area contributed by atoms with Crippen molar-refractivity contribution in [3.05, 3.63) is 80.8 Å². The van der Waals surface area contributed by atoms with Crippen LogP contribution in [0.25, 0.3) is 0 Å². The van der Waals surface area contributed by atoms with E-state index in [0.717, 1.165) is 30.4 Å². The second kappa shape index (κ2) is 11.2. The van der Waals surface area contributed by atoms with Crippen LogP contribution in [0.2, 0.25) is 0 Å². The van der Waals surface area contributed by atoms with Gasteiger partial charge in [-0.3, -0.25) is 18.9 Å². The number of rotatable bonds is 11. The zero-order valence-corrected chi connectivity index (χ0v) is 18.6. The number of aromatic nitrogens is 3. The smallest absolute Gasteiger partial charge is 0.332 e. The molecule has 5 N–H and O–H groups in total. The van der Waals surface area contributed by atoms with Crippen LogP contribution in [-0.4, -0.2) is 20.7 Å². The fourth-order valence-electron chi connectivity index (χ4n) is 3.62. The largest absolute Gasteiger partial charge is 0.399 e. The molecule has 0 radical (unpaired) electrons. The minimum atomic E-state index is -0.364. The molecule has 3 rings (SSSR count). The molecule has 0 aliphatic carbocycles. The molecule has 2 aromatic heterocycles. The maximum absolute atomic E-state index is 13.1. The van der Waals surface area contributed by atoms with Crippen LogP contribution in [0.1, 0.15) is 37.3 Å². The summed E-state index contributed by atoms with van der Waals surface area (Å²) in [5, 5.41) is 3.17. The van der Waals surface area contributed by atoms with Crippen LogP contribution in [0, 0.1) is 0 Å². The Balaban J connectivity index is 1.86. The number of unbranched alkanes of at least 4 members (excludes halogenated alkanes) is 2. The summed E-state index contributed by atoms with van der Waals surface area (Å²) in [5.41, 5.74) is 14.4. The molecule has 2 heterocycles. The van der Waals surface area contributed by atoms with Crippen molar-refractivity contribution in [3.63, 3.8) is 0 Å². The Labute approximate surface area is 187 Å². The van der Waals surface area contributed by atoms with Crippen molar-refractivity contribution in [2.24, 2.45) is 0 Å². The minimum absolute atomic E-state index is 0.174. The Hall–Kier alpha value is -3.55. The lowest BCUT2D eigenvalue weighted by Crippen LogP contribution is -2.42. The van der Waals surface area contributed by atoms with Gasteiger partial charge in [-0.15, -0.1) is 0 Å².